The maximum absolute atomic E-state index is 15.2. The zero-order valence-corrected chi connectivity index (χ0v) is 18.2. The van der Waals surface area contributed by atoms with E-state index >= 15 is 8.78 Å². The lowest BCUT2D eigenvalue weighted by Crippen LogP contribution is -2.41. The Kier molecular flexibility index (Phi) is 6.12. The van der Waals surface area contributed by atoms with E-state index < -0.39 is 52.0 Å². The summed E-state index contributed by atoms with van der Waals surface area (Å²) in [4.78, 5) is 44.9. The fourth-order valence-electron chi connectivity index (χ4n) is 3.36. The van der Waals surface area contributed by atoms with E-state index in [1.165, 1.54) is 31.3 Å². The molecule has 0 bridgehead atoms. The third-order valence-corrected chi connectivity index (χ3v) is 5.29. The normalized spacial score (nSPS) is 13.6. The SMILES string of the molecule is CC(=O)Nc1nccc(Oc2cc(F)c(N(C(=O)C3(C(N)=O)CC3)c3ccc(F)cc3)cc2F)n1. The number of nitrogens with two attached hydrogens (primary N) is 1. The van der Waals surface area contributed by atoms with E-state index in [9.17, 15) is 18.8 Å². The van der Waals surface area contributed by atoms with Crippen LogP contribution in [0.4, 0.5) is 30.5 Å². The van der Waals surface area contributed by atoms with Crippen molar-refractivity contribution in [3.63, 3.8) is 0 Å². The fraction of sp³-hybridized carbons (Fsp3) is 0.174. The standard InChI is InChI=1S/C23H18F3N5O4/c1-12(32)29-22-28-9-6-19(30-22)35-18-11-15(25)17(10-16(18)26)31(14-4-2-13(24)3-5-14)21(34)23(7-8-23)20(27)33/h2-6,9-11H,7-8H2,1H3,(H2,27,33)(H,28,29,30,32). The van der Waals surface area contributed by atoms with E-state index in [4.69, 9.17) is 10.5 Å². The molecule has 1 aromatic heterocycles. The highest BCUT2D eigenvalue weighted by molar-refractivity contribution is 6.16. The number of primary amides is 1. The Balaban J connectivity index is 1.72. The van der Waals surface area contributed by atoms with Crippen molar-refractivity contribution in [2.75, 3.05) is 10.2 Å². The van der Waals surface area contributed by atoms with Crippen molar-refractivity contribution >= 4 is 35.0 Å². The molecule has 1 saturated carbocycles. The van der Waals surface area contributed by atoms with Crippen LogP contribution in [0.1, 0.15) is 19.8 Å². The minimum absolute atomic E-state index is 0.00615. The van der Waals surface area contributed by atoms with Crippen LogP contribution in [0.2, 0.25) is 0 Å². The second-order valence-corrected chi connectivity index (χ2v) is 7.80. The number of halogens is 3. The molecule has 0 saturated heterocycles. The quantitative estimate of drug-likeness (QED) is 0.493. The van der Waals surface area contributed by atoms with E-state index in [0.717, 1.165) is 17.0 Å². The summed E-state index contributed by atoms with van der Waals surface area (Å²) >= 11 is 0. The Bertz CT molecular complexity index is 1330. The Hall–Kier alpha value is -4.48. The molecule has 0 aliphatic heterocycles. The van der Waals surface area contributed by atoms with Crippen LogP contribution in [-0.2, 0) is 14.4 Å². The van der Waals surface area contributed by atoms with Gasteiger partial charge in [-0.3, -0.25) is 24.6 Å². The molecule has 9 nitrogen and oxygen atoms in total. The van der Waals surface area contributed by atoms with Crippen LogP contribution in [0.15, 0.2) is 48.7 Å². The van der Waals surface area contributed by atoms with Gasteiger partial charge in [0.15, 0.2) is 17.4 Å². The molecule has 1 aliphatic rings. The molecule has 0 unspecified atom stereocenters. The van der Waals surface area contributed by atoms with Gasteiger partial charge in [0.05, 0.1) is 5.69 Å². The van der Waals surface area contributed by atoms with Crippen molar-refractivity contribution in [1.29, 1.82) is 0 Å². The van der Waals surface area contributed by atoms with Gasteiger partial charge in [0.1, 0.15) is 11.2 Å². The molecule has 1 heterocycles. The number of rotatable bonds is 7. The Morgan fingerprint density at radius 1 is 1.06 bits per heavy atom. The van der Waals surface area contributed by atoms with Gasteiger partial charge in [-0.1, -0.05) is 0 Å². The Labute approximate surface area is 196 Å². The molecular weight excluding hydrogens is 467 g/mol. The first-order valence-corrected chi connectivity index (χ1v) is 10.3. The van der Waals surface area contributed by atoms with Crippen LogP contribution >= 0.6 is 0 Å². The Morgan fingerprint density at radius 3 is 2.34 bits per heavy atom. The molecule has 3 amide bonds. The number of aromatic nitrogens is 2. The molecule has 1 fully saturated rings. The van der Waals surface area contributed by atoms with Crippen LogP contribution in [-0.4, -0.2) is 27.7 Å². The molecule has 12 heteroatoms. The summed E-state index contributed by atoms with van der Waals surface area (Å²) in [6, 6.07) is 7.11. The molecule has 3 aromatic rings. The van der Waals surface area contributed by atoms with E-state index in [1.807, 2.05) is 0 Å². The minimum atomic E-state index is -1.56. The zero-order chi connectivity index (χ0) is 25.3. The highest BCUT2D eigenvalue weighted by Crippen LogP contribution is 2.49. The largest absolute Gasteiger partial charge is 0.436 e. The van der Waals surface area contributed by atoms with Crippen LogP contribution in [0, 0.1) is 22.9 Å². The number of nitrogens with zero attached hydrogens (tertiary/aromatic N) is 3. The Morgan fingerprint density at radius 2 is 1.74 bits per heavy atom. The average molecular weight is 485 g/mol. The number of anilines is 3. The predicted molar refractivity (Wildman–Crippen MR) is 117 cm³/mol. The summed E-state index contributed by atoms with van der Waals surface area (Å²) in [5, 5.41) is 2.33. The van der Waals surface area contributed by atoms with Crippen LogP contribution < -0.4 is 20.7 Å². The van der Waals surface area contributed by atoms with Gasteiger partial charge in [-0.05, 0) is 37.1 Å². The molecule has 3 N–H and O–H groups in total. The number of ether oxygens (including phenoxy) is 1. The third-order valence-electron chi connectivity index (χ3n) is 5.29. The summed E-state index contributed by atoms with van der Waals surface area (Å²) in [7, 11) is 0. The minimum Gasteiger partial charge on any atom is -0.436 e. The molecule has 0 radical (unpaired) electrons. The van der Waals surface area contributed by atoms with Gasteiger partial charge in [-0.25, -0.2) is 18.2 Å². The number of carbonyl (C=O) groups excluding carboxylic acids is 3. The van der Waals surface area contributed by atoms with Crippen LogP contribution in [0.5, 0.6) is 11.6 Å². The van der Waals surface area contributed by atoms with E-state index in [0.29, 0.717) is 12.1 Å². The number of hydrogen-bond donors (Lipinski definition) is 2. The lowest BCUT2D eigenvalue weighted by molar-refractivity contribution is -0.133. The molecule has 35 heavy (non-hydrogen) atoms. The number of amides is 3. The van der Waals surface area contributed by atoms with Crippen molar-refractivity contribution in [1.82, 2.24) is 9.97 Å². The van der Waals surface area contributed by atoms with Gasteiger partial charge >= 0.3 is 0 Å². The third kappa shape index (κ3) is 4.76. The topological polar surface area (TPSA) is 128 Å². The average Bonchev–Trinajstić information content (AvgIpc) is 3.60. The highest BCUT2D eigenvalue weighted by Gasteiger charge is 2.57. The lowest BCUT2D eigenvalue weighted by Gasteiger charge is -2.27. The van der Waals surface area contributed by atoms with Gasteiger partial charge in [0.25, 0.3) is 0 Å². The first kappa shape index (κ1) is 23.7. The van der Waals surface area contributed by atoms with Crippen molar-refractivity contribution in [3.8, 4) is 11.6 Å². The molecule has 180 valence electrons. The molecule has 4 rings (SSSR count). The fourth-order valence-corrected chi connectivity index (χ4v) is 3.36. The maximum Gasteiger partial charge on any atom is 0.247 e. The number of benzene rings is 2. The summed E-state index contributed by atoms with van der Waals surface area (Å²) in [6.45, 7) is 1.24. The van der Waals surface area contributed by atoms with Gasteiger partial charge < -0.3 is 10.5 Å². The molecular formula is C23H18F3N5O4. The van der Waals surface area contributed by atoms with Crippen molar-refractivity contribution < 1.29 is 32.3 Å². The zero-order valence-electron chi connectivity index (χ0n) is 18.2. The molecule has 2 aromatic carbocycles. The van der Waals surface area contributed by atoms with Crippen molar-refractivity contribution in [2.24, 2.45) is 11.1 Å². The molecule has 0 spiro atoms. The van der Waals surface area contributed by atoms with Crippen molar-refractivity contribution in [3.05, 3.63) is 66.1 Å². The van der Waals surface area contributed by atoms with Crippen LogP contribution in [0.25, 0.3) is 0 Å². The van der Waals surface area contributed by atoms with E-state index in [2.05, 4.69) is 15.3 Å². The molecule has 0 atom stereocenters. The number of carbonyl (C=O) groups is 3. The van der Waals surface area contributed by atoms with Crippen LogP contribution in [0.3, 0.4) is 0 Å². The highest BCUT2D eigenvalue weighted by atomic mass is 19.1. The van der Waals surface area contributed by atoms with Crippen molar-refractivity contribution in [2.45, 2.75) is 19.8 Å². The first-order chi connectivity index (χ1) is 16.6. The van der Waals surface area contributed by atoms with Gasteiger partial charge in [-0.2, -0.15) is 4.98 Å². The monoisotopic (exact) mass is 485 g/mol. The lowest BCUT2D eigenvalue weighted by atomic mass is 10.0. The van der Waals surface area contributed by atoms with E-state index in [-0.39, 0.29) is 30.4 Å². The number of hydrogen-bond acceptors (Lipinski definition) is 6. The van der Waals surface area contributed by atoms with Gasteiger partial charge in [0, 0.05) is 37.0 Å². The van der Waals surface area contributed by atoms with E-state index in [1.54, 1.807) is 0 Å². The summed E-state index contributed by atoms with van der Waals surface area (Å²) in [5.41, 5.74) is 3.32. The summed E-state index contributed by atoms with van der Waals surface area (Å²) in [6.07, 6.45) is 1.53. The predicted octanol–water partition coefficient (Wildman–Crippen LogP) is 3.57. The first-order valence-electron chi connectivity index (χ1n) is 10.3. The second kappa shape index (κ2) is 9.05. The molecule has 1 aliphatic carbocycles. The summed E-state index contributed by atoms with van der Waals surface area (Å²) in [5.74, 6) is -5.82. The van der Waals surface area contributed by atoms with Gasteiger partial charge in [-0.15, -0.1) is 0 Å². The van der Waals surface area contributed by atoms with Gasteiger partial charge in [0.2, 0.25) is 29.5 Å². The summed E-state index contributed by atoms with van der Waals surface area (Å²) < 4.78 is 49.0. The second-order valence-electron chi connectivity index (χ2n) is 7.80. The maximum atomic E-state index is 15.2. The number of nitrogens with one attached hydrogen (secondary N) is 1. The smallest absolute Gasteiger partial charge is 0.247 e.